The molecule has 0 amide bonds. The highest BCUT2D eigenvalue weighted by molar-refractivity contribution is 7.19. The number of hydrogen-bond donors (Lipinski definition) is 1. The Morgan fingerprint density at radius 2 is 2.24 bits per heavy atom. The third-order valence-electron chi connectivity index (χ3n) is 4.04. The monoisotopic (exact) mass is 308 g/mol. The molecule has 1 heterocycles. The Kier molecular flexibility index (Phi) is 4.54. The summed E-state index contributed by atoms with van der Waals surface area (Å²) in [5.74, 6) is -0.183. The highest BCUT2D eigenvalue weighted by Crippen LogP contribution is 2.33. The normalized spacial score (nSPS) is 15.2. The molecule has 1 saturated carbocycles. The third kappa shape index (κ3) is 3.26. The first kappa shape index (κ1) is 14.9. The van der Waals surface area contributed by atoms with Gasteiger partial charge in [-0.15, -0.1) is 11.3 Å². The maximum absolute atomic E-state index is 14.0. The number of halogens is 1. The van der Waals surface area contributed by atoms with Gasteiger partial charge in [0.25, 0.3) is 0 Å². The van der Waals surface area contributed by atoms with Crippen LogP contribution in [0.4, 0.5) is 4.39 Å². The maximum atomic E-state index is 14.0. The topological polar surface area (TPSA) is 38.5 Å². The molecule has 0 aliphatic heterocycles. The Labute approximate surface area is 128 Å². The second-order valence-corrected chi connectivity index (χ2v) is 6.72. The number of nitrogens with two attached hydrogens (primary N) is 1. The molecule has 3 rings (SSSR count). The number of ether oxygens (including phenoxy) is 1. The number of likely N-dealkylation sites (N-methyl/N-ethyl adjacent to an activating group) is 1. The largest absolute Gasteiger partial charge is 0.375 e. The molecule has 1 aromatic heterocycles. The van der Waals surface area contributed by atoms with E-state index in [1.54, 1.807) is 17.4 Å². The van der Waals surface area contributed by atoms with Gasteiger partial charge in [-0.1, -0.05) is 6.07 Å². The lowest BCUT2D eigenvalue weighted by atomic mass is 10.1. The molecular weight excluding hydrogens is 287 g/mol. The minimum absolute atomic E-state index is 0.183. The van der Waals surface area contributed by atoms with Gasteiger partial charge in [0.1, 0.15) is 5.82 Å². The van der Waals surface area contributed by atoms with Crippen LogP contribution in [0.25, 0.3) is 10.1 Å². The second kappa shape index (κ2) is 6.40. The van der Waals surface area contributed by atoms with Gasteiger partial charge in [-0.3, -0.25) is 0 Å². The predicted octanol–water partition coefficient (Wildman–Crippen LogP) is 3.11. The Bertz CT molecular complexity index is 624. The average molecular weight is 308 g/mol. The van der Waals surface area contributed by atoms with Crippen LogP contribution in [-0.2, 0) is 17.9 Å². The zero-order valence-electron chi connectivity index (χ0n) is 12.3. The van der Waals surface area contributed by atoms with Gasteiger partial charge in [-0.25, -0.2) is 4.39 Å². The van der Waals surface area contributed by atoms with Crippen LogP contribution in [-0.4, -0.2) is 31.1 Å². The fourth-order valence-electron chi connectivity index (χ4n) is 2.61. The lowest BCUT2D eigenvalue weighted by Gasteiger charge is -2.15. The first-order chi connectivity index (χ1) is 10.2. The van der Waals surface area contributed by atoms with Crippen molar-refractivity contribution in [3.63, 3.8) is 0 Å². The minimum atomic E-state index is -0.183. The summed E-state index contributed by atoms with van der Waals surface area (Å²) in [5.41, 5.74) is 6.71. The van der Waals surface area contributed by atoms with Crippen LogP contribution in [0.2, 0.25) is 0 Å². The number of nitrogens with zero attached hydrogens (tertiary/aromatic N) is 1. The summed E-state index contributed by atoms with van der Waals surface area (Å²) in [6, 6.07) is 5.92. The SMILES string of the molecule is CN(CCOCc1c(CN)sc2cccc(F)c12)C1CC1. The number of thiophene rings is 1. The van der Waals surface area contributed by atoms with Crippen molar-refractivity contribution in [2.24, 2.45) is 5.73 Å². The van der Waals surface area contributed by atoms with Gasteiger partial charge in [0.05, 0.1) is 13.2 Å². The molecule has 5 heteroatoms. The molecule has 0 saturated heterocycles. The van der Waals surface area contributed by atoms with Crippen molar-refractivity contribution in [3.05, 3.63) is 34.5 Å². The summed E-state index contributed by atoms with van der Waals surface area (Å²) in [4.78, 5) is 3.35. The van der Waals surface area contributed by atoms with Crippen LogP contribution < -0.4 is 5.73 Å². The second-order valence-electron chi connectivity index (χ2n) is 5.59. The van der Waals surface area contributed by atoms with Gasteiger partial charge in [0.2, 0.25) is 0 Å². The fourth-order valence-corrected chi connectivity index (χ4v) is 3.72. The first-order valence-corrected chi connectivity index (χ1v) is 8.19. The number of rotatable bonds is 7. The quantitative estimate of drug-likeness (QED) is 0.799. The van der Waals surface area contributed by atoms with E-state index in [4.69, 9.17) is 10.5 Å². The number of fused-ring (bicyclic) bond motifs is 1. The lowest BCUT2D eigenvalue weighted by molar-refractivity contribution is 0.0982. The van der Waals surface area contributed by atoms with Crippen molar-refractivity contribution in [1.82, 2.24) is 4.90 Å². The molecule has 0 spiro atoms. The van der Waals surface area contributed by atoms with Crippen molar-refractivity contribution in [2.45, 2.75) is 32.0 Å². The summed E-state index contributed by atoms with van der Waals surface area (Å²) < 4.78 is 20.8. The highest BCUT2D eigenvalue weighted by Gasteiger charge is 2.25. The van der Waals surface area contributed by atoms with E-state index in [9.17, 15) is 4.39 Å². The van der Waals surface area contributed by atoms with Crippen molar-refractivity contribution >= 4 is 21.4 Å². The molecule has 1 fully saturated rings. The van der Waals surface area contributed by atoms with Gasteiger partial charge < -0.3 is 15.4 Å². The first-order valence-electron chi connectivity index (χ1n) is 7.37. The molecule has 0 bridgehead atoms. The zero-order valence-corrected chi connectivity index (χ0v) is 13.1. The highest BCUT2D eigenvalue weighted by atomic mass is 32.1. The molecule has 114 valence electrons. The Morgan fingerprint density at radius 3 is 2.95 bits per heavy atom. The molecule has 1 aliphatic carbocycles. The van der Waals surface area contributed by atoms with E-state index in [1.807, 2.05) is 6.07 Å². The molecule has 0 unspecified atom stereocenters. The summed E-state index contributed by atoms with van der Waals surface area (Å²) >= 11 is 1.56. The molecule has 2 aromatic rings. The molecule has 3 nitrogen and oxygen atoms in total. The molecule has 0 atom stereocenters. The van der Waals surface area contributed by atoms with Gasteiger partial charge in [-0.2, -0.15) is 0 Å². The fraction of sp³-hybridized carbons (Fsp3) is 0.500. The van der Waals surface area contributed by atoms with E-state index in [-0.39, 0.29) is 5.82 Å². The average Bonchev–Trinajstić information content (AvgIpc) is 3.26. The summed E-state index contributed by atoms with van der Waals surface area (Å²) in [6.45, 7) is 2.46. The number of hydrogen-bond acceptors (Lipinski definition) is 4. The van der Waals surface area contributed by atoms with Crippen molar-refractivity contribution in [3.8, 4) is 0 Å². The van der Waals surface area contributed by atoms with Crippen molar-refractivity contribution < 1.29 is 9.13 Å². The summed E-state index contributed by atoms with van der Waals surface area (Å²) in [7, 11) is 2.13. The van der Waals surface area contributed by atoms with Crippen LogP contribution in [0.15, 0.2) is 18.2 Å². The van der Waals surface area contributed by atoms with E-state index in [1.165, 1.54) is 18.9 Å². The zero-order chi connectivity index (χ0) is 14.8. The van der Waals surface area contributed by atoms with Gasteiger partial charge in [-0.05, 0) is 32.0 Å². The van der Waals surface area contributed by atoms with Crippen LogP contribution in [0.5, 0.6) is 0 Å². The van der Waals surface area contributed by atoms with E-state index in [2.05, 4.69) is 11.9 Å². The molecule has 21 heavy (non-hydrogen) atoms. The van der Waals surface area contributed by atoms with Crippen molar-refractivity contribution in [2.75, 3.05) is 20.2 Å². The van der Waals surface area contributed by atoms with Gasteiger partial charge in [0.15, 0.2) is 0 Å². The smallest absolute Gasteiger partial charge is 0.132 e. The Hall–Kier alpha value is -1.01. The Morgan fingerprint density at radius 1 is 1.43 bits per heavy atom. The molecule has 0 radical (unpaired) electrons. The van der Waals surface area contributed by atoms with E-state index < -0.39 is 0 Å². The molecular formula is C16H21FN2OS. The van der Waals surface area contributed by atoms with Gasteiger partial charge in [0, 0.05) is 39.7 Å². The van der Waals surface area contributed by atoms with Crippen LogP contribution >= 0.6 is 11.3 Å². The minimum Gasteiger partial charge on any atom is -0.375 e. The van der Waals surface area contributed by atoms with E-state index in [0.29, 0.717) is 25.1 Å². The van der Waals surface area contributed by atoms with Crippen LogP contribution in [0, 0.1) is 5.82 Å². The van der Waals surface area contributed by atoms with Crippen molar-refractivity contribution in [1.29, 1.82) is 0 Å². The lowest BCUT2D eigenvalue weighted by Crippen LogP contribution is -2.25. The maximum Gasteiger partial charge on any atom is 0.132 e. The van der Waals surface area contributed by atoms with Crippen LogP contribution in [0.3, 0.4) is 0 Å². The molecule has 1 aliphatic rings. The van der Waals surface area contributed by atoms with Gasteiger partial charge >= 0.3 is 0 Å². The predicted molar refractivity (Wildman–Crippen MR) is 85.0 cm³/mol. The van der Waals surface area contributed by atoms with E-state index >= 15 is 0 Å². The summed E-state index contributed by atoms with van der Waals surface area (Å²) in [5, 5.41) is 0.679. The van der Waals surface area contributed by atoms with E-state index in [0.717, 1.165) is 27.7 Å². The standard InChI is InChI=1S/C16H21FN2OS/c1-19(11-5-6-11)7-8-20-10-12-15(9-18)21-14-4-2-3-13(17)16(12)14/h2-4,11H,5-10,18H2,1H3. The molecule has 2 N–H and O–H groups in total. The summed E-state index contributed by atoms with van der Waals surface area (Å²) in [6.07, 6.45) is 2.60. The van der Waals surface area contributed by atoms with Crippen LogP contribution in [0.1, 0.15) is 23.3 Å². The third-order valence-corrected chi connectivity index (χ3v) is 5.26. The number of benzene rings is 1. The molecule has 1 aromatic carbocycles. The Balaban J connectivity index is 1.67.